The third-order valence-electron chi connectivity index (χ3n) is 5.39. The predicted molar refractivity (Wildman–Crippen MR) is 104 cm³/mol. The van der Waals surface area contributed by atoms with Crippen molar-refractivity contribution in [2.45, 2.75) is 44.8 Å². The van der Waals surface area contributed by atoms with Crippen LogP contribution in [0.5, 0.6) is 0 Å². The van der Waals surface area contributed by atoms with Gasteiger partial charge in [0.1, 0.15) is 0 Å². The number of aryl methyl sites for hydroxylation is 1. The quantitative estimate of drug-likeness (QED) is 0.700. The van der Waals surface area contributed by atoms with Crippen LogP contribution in [0.2, 0.25) is 0 Å². The number of ether oxygens (including phenoxy) is 1. The lowest BCUT2D eigenvalue weighted by Crippen LogP contribution is -2.45. The van der Waals surface area contributed by atoms with Gasteiger partial charge in [0.15, 0.2) is 0 Å². The summed E-state index contributed by atoms with van der Waals surface area (Å²) in [6.45, 7) is 6.43. The SMILES string of the molecule is CCc1cc2c(s1)CCOC21CCN(Cc2ccc(Br)cc2)CC1. The zero-order valence-corrected chi connectivity index (χ0v) is 16.6. The van der Waals surface area contributed by atoms with E-state index in [0.29, 0.717) is 0 Å². The molecule has 0 aliphatic carbocycles. The molecule has 1 aromatic carbocycles. The Labute approximate surface area is 157 Å². The fourth-order valence-electron chi connectivity index (χ4n) is 3.98. The molecule has 0 atom stereocenters. The van der Waals surface area contributed by atoms with Crippen LogP contribution in [0, 0.1) is 0 Å². The number of benzene rings is 1. The molecule has 2 nitrogen and oxygen atoms in total. The topological polar surface area (TPSA) is 12.5 Å². The lowest BCUT2D eigenvalue weighted by atomic mass is 9.82. The molecule has 1 fully saturated rings. The number of hydrogen-bond acceptors (Lipinski definition) is 3. The van der Waals surface area contributed by atoms with Crippen LogP contribution in [0.3, 0.4) is 0 Å². The van der Waals surface area contributed by atoms with E-state index in [0.717, 1.165) is 56.4 Å². The van der Waals surface area contributed by atoms with Gasteiger partial charge in [-0.2, -0.15) is 0 Å². The van der Waals surface area contributed by atoms with Crippen LogP contribution in [0.15, 0.2) is 34.8 Å². The van der Waals surface area contributed by atoms with Crippen molar-refractivity contribution in [3.05, 3.63) is 55.7 Å². The zero-order chi connectivity index (χ0) is 16.6. The minimum Gasteiger partial charge on any atom is -0.370 e. The number of nitrogens with zero attached hydrogens (tertiary/aromatic N) is 1. The van der Waals surface area contributed by atoms with Crippen LogP contribution in [0.25, 0.3) is 0 Å². The number of fused-ring (bicyclic) bond motifs is 2. The number of likely N-dealkylation sites (tertiary alicyclic amines) is 1. The van der Waals surface area contributed by atoms with Gasteiger partial charge < -0.3 is 4.74 Å². The first-order chi connectivity index (χ1) is 11.7. The van der Waals surface area contributed by atoms with E-state index in [1.165, 1.54) is 16.0 Å². The molecule has 3 heterocycles. The Kier molecular flexibility index (Phi) is 4.83. The molecule has 0 unspecified atom stereocenters. The molecule has 0 saturated carbocycles. The van der Waals surface area contributed by atoms with Crippen LogP contribution in [-0.2, 0) is 29.7 Å². The zero-order valence-electron chi connectivity index (χ0n) is 14.2. The van der Waals surface area contributed by atoms with E-state index < -0.39 is 0 Å². The molecule has 1 spiro atoms. The van der Waals surface area contributed by atoms with E-state index in [2.05, 4.69) is 58.1 Å². The maximum absolute atomic E-state index is 6.38. The second-order valence-electron chi connectivity index (χ2n) is 6.90. The lowest BCUT2D eigenvalue weighted by molar-refractivity contribution is -0.0981. The molecule has 1 aromatic heterocycles. The van der Waals surface area contributed by atoms with Crippen molar-refractivity contribution in [3.8, 4) is 0 Å². The van der Waals surface area contributed by atoms with Crippen molar-refractivity contribution < 1.29 is 4.74 Å². The highest BCUT2D eigenvalue weighted by atomic mass is 79.9. The van der Waals surface area contributed by atoms with Gasteiger partial charge in [0.25, 0.3) is 0 Å². The third kappa shape index (κ3) is 3.22. The summed E-state index contributed by atoms with van der Waals surface area (Å²) in [6.07, 6.45) is 4.49. The average Bonchev–Trinajstić information content (AvgIpc) is 3.04. The summed E-state index contributed by atoms with van der Waals surface area (Å²) in [4.78, 5) is 5.67. The molecule has 0 radical (unpaired) electrons. The monoisotopic (exact) mass is 405 g/mol. The smallest absolute Gasteiger partial charge is 0.0966 e. The number of halogens is 1. The van der Waals surface area contributed by atoms with Gasteiger partial charge in [0.05, 0.1) is 12.2 Å². The molecule has 2 aromatic rings. The van der Waals surface area contributed by atoms with Gasteiger partial charge in [-0.25, -0.2) is 0 Å². The molecular weight excluding hydrogens is 382 g/mol. The summed E-state index contributed by atoms with van der Waals surface area (Å²) < 4.78 is 7.53. The summed E-state index contributed by atoms with van der Waals surface area (Å²) in [5.41, 5.74) is 2.90. The van der Waals surface area contributed by atoms with Crippen LogP contribution in [-0.4, -0.2) is 24.6 Å². The molecule has 0 amide bonds. The number of piperidine rings is 1. The lowest BCUT2D eigenvalue weighted by Gasteiger charge is -2.44. The van der Waals surface area contributed by atoms with E-state index in [1.54, 1.807) is 4.88 Å². The second-order valence-corrected chi connectivity index (χ2v) is 9.04. The van der Waals surface area contributed by atoms with E-state index in [9.17, 15) is 0 Å². The molecule has 128 valence electrons. The van der Waals surface area contributed by atoms with Crippen molar-refractivity contribution in [2.75, 3.05) is 19.7 Å². The summed E-state index contributed by atoms with van der Waals surface area (Å²) in [5, 5.41) is 0. The van der Waals surface area contributed by atoms with E-state index in [-0.39, 0.29) is 5.60 Å². The largest absolute Gasteiger partial charge is 0.370 e. The highest BCUT2D eigenvalue weighted by Crippen LogP contribution is 2.44. The number of thiophene rings is 1. The van der Waals surface area contributed by atoms with Gasteiger partial charge >= 0.3 is 0 Å². The van der Waals surface area contributed by atoms with Crippen molar-refractivity contribution in [1.82, 2.24) is 4.90 Å². The van der Waals surface area contributed by atoms with Gasteiger partial charge in [-0.3, -0.25) is 4.90 Å². The maximum Gasteiger partial charge on any atom is 0.0966 e. The molecule has 4 rings (SSSR count). The summed E-state index contributed by atoms with van der Waals surface area (Å²) >= 11 is 5.52. The first-order valence-corrected chi connectivity index (χ1v) is 10.5. The highest BCUT2D eigenvalue weighted by Gasteiger charge is 2.41. The standard InChI is InChI=1S/C20H24BrNOS/c1-2-17-13-18-19(24-17)7-12-23-20(18)8-10-22(11-9-20)14-15-3-5-16(21)6-4-15/h3-6,13H,2,7-12,14H2,1H3. The van der Waals surface area contributed by atoms with Crippen molar-refractivity contribution >= 4 is 27.3 Å². The second kappa shape index (κ2) is 6.91. The summed E-state index contributed by atoms with van der Waals surface area (Å²) in [7, 11) is 0. The Morgan fingerprint density at radius 2 is 1.96 bits per heavy atom. The van der Waals surface area contributed by atoms with Crippen molar-refractivity contribution in [1.29, 1.82) is 0 Å². The summed E-state index contributed by atoms with van der Waals surface area (Å²) in [5.74, 6) is 0. The molecular formula is C20H24BrNOS. The van der Waals surface area contributed by atoms with Crippen molar-refractivity contribution in [2.24, 2.45) is 0 Å². The molecule has 0 N–H and O–H groups in total. The number of hydrogen-bond donors (Lipinski definition) is 0. The van der Waals surface area contributed by atoms with E-state index in [4.69, 9.17) is 4.74 Å². The Morgan fingerprint density at radius 1 is 1.21 bits per heavy atom. The summed E-state index contributed by atoms with van der Waals surface area (Å²) in [6, 6.07) is 11.1. The van der Waals surface area contributed by atoms with Gasteiger partial charge in [-0.15, -0.1) is 11.3 Å². The molecule has 4 heteroatoms. The number of rotatable bonds is 3. The normalized spacial score (nSPS) is 20.2. The van der Waals surface area contributed by atoms with Crippen LogP contribution in [0.1, 0.15) is 40.6 Å². The van der Waals surface area contributed by atoms with Crippen molar-refractivity contribution in [3.63, 3.8) is 0 Å². The molecule has 0 bridgehead atoms. The molecule has 2 aliphatic rings. The molecule has 24 heavy (non-hydrogen) atoms. The highest BCUT2D eigenvalue weighted by molar-refractivity contribution is 9.10. The van der Waals surface area contributed by atoms with Gasteiger partial charge in [0, 0.05) is 40.3 Å². The minimum absolute atomic E-state index is 0.00623. The predicted octanol–water partition coefficient (Wildman–Crippen LogP) is 5.14. The Morgan fingerprint density at radius 3 is 2.67 bits per heavy atom. The Bertz CT molecular complexity index is 701. The van der Waals surface area contributed by atoms with Gasteiger partial charge in [0.2, 0.25) is 0 Å². The molecule has 2 aliphatic heterocycles. The first kappa shape index (κ1) is 16.8. The fraction of sp³-hybridized carbons (Fsp3) is 0.500. The maximum atomic E-state index is 6.38. The average molecular weight is 406 g/mol. The van der Waals surface area contributed by atoms with Crippen LogP contribution >= 0.6 is 27.3 Å². The van der Waals surface area contributed by atoms with Gasteiger partial charge in [-0.1, -0.05) is 35.0 Å². The fourth-order valence-corrected chi connectivity index (χ4v) is 5.42. The van der Waals surface area contributed by atoms with Crippen LogP contribution < -0.4 is 0 Å². The van der Waals surface area contributed by atoms with Crippen LogP contribution in [0.4, 0.5) is 0 Å². The third-order valence-corrected chi connectivity index (χ3v) is 7.26. The first-order valence-electron chi connectivity index (χ1n) is 8.91. The van der Waals surface area contributed by atoms with E-state index in [1.807, 2.05) is 11.3 Å². The van der Waals surface area contributed by atoms with Gasteiger partial charge in [-0.05, 0) is 48.6 Å². The Hall–Kier alpha value is -0.680. The molecule has 1 saturated heterocycles. The van der Waals surface area contributed by atoms with E-state index >= 15 is 0 Å². The minimum atomic E-state index is -0.00623. The Balaban J connectivity index is 1.46.